The summed E-state index contributed by atoms with van der Waals surface area (Å²) in [5.74, 6) is 1.95. The Balaban J connectivity index is 1.16. The lowest BCUT2D eigenvalue weighted by Gasteiger charge is -2.06. The van der Waals surface area contributed by atoms with E-state index in [0.717, 1.165) is 22.4 Å². The van der Waals surface area contributed by atoms with Gasteiger partial charge in [0.25, 0.3) is 0 Å². The molecule has 1 amide bonds. The molecule has 0 saturated heterocycles. The van der Waals surface area contributed by atoms with Gasteiger partial charge in [-0.25, -0.2) is 14.6 Å². The predicted octanol–water partition coefficient (Wildman–Crippen LogP) is 3.06. The van der Waals surface area contributed by atoms with Crippen LogP contribution in [0.15, 0.2) is 54.3 Å². The second kappa shape index (κ2) is 9.06. The van der Waals surface area contributed by atoms with E-state index >= 15 is 0 Å². The molecule has 0 spiro atoms. The normalized spacial score (nSPS) is 12.5. The Bertz CT molecular complexity index is 1270. The zero-order valence-corrected chi connectivity index (χ0v) is 17.8. The predicted molar refractivity (Wildman–Crippen MR) is 122 cm³/mol. The van der Waals surface area contributed by atoms with Gasteiger partial charge in [0.15, 0.2) is 17.1 Å². The summed E-state index contributed by atoms with van der Waals surface area (Å²) >= 11 is 1.69. The highest BCUT2D eigenvalue weighted by molar-refractivity contribution is 7.09. The van der Waals surface area contributed by atoms with Crippen LogP contribution in [0.4, 0.5) is 5.82 Å². The first-order chi connectivity index (χ1) is 15.8. The molecule has 32 heavy (non-hydrogen) atoms. The van der Waals surface area contributed by atoms with Crippen molar-refractivity contribution in [2.45, 2.75) is 13.1 Å². The minimum Gasteiger partial charge on any atom is -0.454 e. The number of benzene rings is 1. The third-order valence-electron chi connectivity index (χ3n) is 4.89. The Morgan fingerprint density at radius 3 is 3.06 bits per heavy atom. The molecule has 0 aliphatic carbocycles. The van der Waals surface area contributed by atoms with Crippen LogP contribution in [0.25, 0.3) is 17.1 Å². The van der Waals surface area contributed by atoms with Gasteiger partial charge in [-0.2, -0.15) is 5.10 Å². The van der Waals surface area contributed by atoms with E-state index in [0.29, 0.717) is 31.1 Å². The van der Waals surface area contributed by atoms with Crippen LogP contribution in [0.3, 0.4) is 0 Å². The van der Waals surface area contributed by atoms with Crippen molar-refractivity contribution in [3.05, 3.63) is 64.8 Å². The molecular weight excluding hydrogens is 428 g/mol. The van der Waals surface area contributed by atoms with Crippen molar-refractivity contribution >= 4 is 40.2 Å². The van der Waals surface area contributed by atoms with Gasteiger partial charge in [-0.05, 0) is 35.2 Å². The second-order valence-electron chi connectivity index (χ2n) is 7.00. The molecule has 2 N–H and O–H groups in total. The molecule has 4 aromatic rings. The van der Waals surface area contributed by atoms with Gasteiger partial charge in [0, 0.05) is 17.5 Å². The van der Waals surface area contributed by atoms with Crippen LogP contribution in [0.5, 0.6) is 11.5 Å². The van der Waals surface area contributed by atoms with Gasteiger partial charge in [0.05, 0.1) is 24.7 Å². The molecule has 1 aliphatic heterocycles. The molecule has 0 fully saturated rings. The number of carbonyl (C=O) groups is 1. The Kier molecular flexibility index (Phi) is 5.67. The van der Waals surface area contributed by atoms with Gasteiger partial charge in [0.2, 0.25) is 12.7 Å². The molecule has 0 atom stereocenters. The van der Waals surface area contributed by atoms with E-state index in [9.17, 15) is 4.79 Å². The minimum atomic E-state index is -0.188. The highest BCUT2D eigenvalue weighted by Gasteiger charge is 2.12. The molecule has 0 saturated carbocycles. The van der Waals surface area contributed by atoms with E-state index in [-0.39, 0.29) is 12.7 Å². The molecule has 0 radical (unpaired) electrons. The van der Waals surface area contributed by atoms with Gasteiger partial charge in [-0.3, -0.25) is 4.79 Å². The third-order valence-corrected chi connectivity index (χ3v) is 5.77. The third kappa shape index (κ3) is 4.40. The number of anilines is 1. The summed E-state index contributed by atoms with van der Waals surface area (Å²) in [5.41, 5.74) is 1.58. The molecule has 162 valence electrons. The Morgan fingerprint density at radius 1 is 1.22 bits per heavy atom. The van der Waals surface area contributed by atoms with Crippen molar-refractivity contribution in [3.63, 3.8) is 0 Å². The summed E-state index contributed by atoms with van der Waals surface area (Å²) in [6.07, 6.45) is 6.49. The number of ether oxygens (including phenoxy) is 2. The first-order valence-corrected chi connectivity index (χ1v) is 10.9. The average Bonchev–Trinajstić information content (AvgIpc) is 3.57. The summed E-state index contributed by atoms with van der Waals surface area (Å²) in [7, 11) is 0. The summed E-state index contributed by atoms with van der Waals surface area (Å²) in [5, 5.41) is 13.5. The lowest BCUT2D eigenvalue weighted by atomic mass is 10.2. The summed E-state index contributed by atoms with van der Waals surface area (Å²) in [6, 6.07) is 9.63. The maximum absolute atomic E-state index is 12.2. The number of carbonyl (C=O) groups excluding carboxylic acids is 1. The first-order valence-electron chi connectivity index (χ1n) is 10.0. The number of rotatable bonds is 8. The van der Waals surface area contributed by atoms with Gasteiger partial charge in [-0.15, -0.1) is 11.3 Å². The smallest absolute Gasteiger partial charge is 0.244 e. The molecule has 9 nitrogen and oxygen atoms in total. The molecule has 10 heteroatoms. The SMILES string of the molecule is O=C(/C=C/c1ccc2c(c1)OCO2)NCCn1ncc2c(NCc3cccs3)ncnc21. The molecule has 5 rings (SSSR count). The van der Waals surface area contributed by atoms with Gasteiger partial charge in [0.1, 0.15) is 12.1 Å². The van der Waals surface area contributed by atoms with E-state index < -0.39 is 0 Å². The van der Waals surface area contributed by atoms with E-state index in [1.807, 2.05) is 29.6 Å². The summed E-state index contributed by atoms with van der Waals surface area (Å²) < 4.78 is 12.4. The summed E-state index contributed by atoms with van der Waals surface area (Å²) in [6.45, 7) is 1.83. The number of thiophene rings is 1. The standard InChI is InChI=1S/C22H20N6O3S/c29-20(6-4-15-3-5-18-19(10-15)31-14-30-18)23-7-8-28-22-17(12-27-28)21(25-13-26-22)24-11-16-2-1-9-32-16/h1-6,9-10,12-13H,7-8,11,14H2,(H,23,29)(H,24,25,26)/b6-4+. The second-order valence-corrected chi connectivity index (χ2v) is 8.03. The van der Waals surface area contributed by atoms with E-state index in [1.165, 1.54) is 17.3 Å². The Hall–Kier alpha value is -3.92. The van der Waals surface area contributed by atoms with Crippen molar-refractivity contribution in [1.82, 2.24) is 25.1 Å². The van der Waals surface area contributed by atoms with Crippen LogP contribution in [0, 0.1) is 0 Å². The lowest BCUT2D eigenvalue weighted by Crippen LogP contribution is -2.25. The van der Waals surface area contributed by atoms with Crippen molar-refractivity contribution in [1.29, 1.82) is 0 Å². The molecular formula is C22H20N6O3S. The fourth-order valence-corrected chi connectivity index (χ4v) is 3.96. The van der Waals surface area contributed by atoms with E-state index in [1.54, 1.807) is 28.3 Å². The molecule has 1 aromatic carbocycles. The lowest BCUT2D eigenvalue weighted by molar-refractivity contribution is -0.116. The molecule has 0 unspecified atom stereocenters. The van der Waals surface area contributed by atoms with Crippen LogP contribution in [-0.4, -0.2) is 39.0 Å². The quantitative estimate of drug-likeness (QED) is 0.399. The first kappa shape index (κ1) is 20.0. The Morgan fingerprint density at radius 2 is 2.16 bits per heavy atom. The van der Waals surface area contributed by atoms with Crippen molar-refractivity contribution in [2.24, 2.45) is 0 Å². The topological polar surface area (TPSA) is 103 Å². The fourth-order valence-electron chi connectivity index (χ4n) is 3.31. The molecule has 1 aliphatic rings. The van der Waals surface area contributed by atoms with Crippen molar-refractivity contribution < 1.29 is 14.3 Å². The van der Waals surface area contributed by atoms with Crippen molar-refractivity contribution in [3.8, 4) is 11.5 Å². The highest BCUT2D eigenvalue weighted by atomic mass is 32.1. The van der Waals surface area contributed by atoms with Crippen LogP contribution in [0.2, 0.25) is 0 Å². The number of nitrogens with one attached hydrogen (secondary N) is 2. The molecule has 4 heterocycles. The van der Waals surface area contributed by atoms with Gasteiger partial charge >= 0.3 is 0 Å². The molecule has 0 bridgehead atoms. The Labute approximate surface area is 187 Å². The number of fused-ring (bicyclic) bond motifs is 2. The number of aromatic nitrogens is 4. The number of nitrogens with zero attached hydrogens (tertiary/aromatic N) is 4. The van der Waals surface area contributed by atoms with Crippen LogP contribution in [-0.2, 0) is 17.9 Å². The number of hydrogen-bond acceptors (Lipinski definition) is 8. The van der Waals surface area contributed by atoms with Crippen LogP contribution in [0.1, 0.15) is 10.4 Å². The monoisotopic (exact) mass is 448 g/mol. The maximum Gasteiger partial charge on any atom is 0.244 e. The largest absolute Gasteiger partial charge is 0.454 e. The van der Waals surface area contributed by atoms with E-state index in [2.05, 4.69) is 31.8 Å². The van der Waals surface area contributed by atoms with Crippen LogP contribution < -0.4 is 20.1 Å². The van der Waals surface area contributed by atoms with Crippen molar-refractivity contribution in [2.75, 3.05) is 18.7 Å². The van der Waals surface area contributed by atoms with Crippen LogP contribution >= 0.6 is 11.3 Å². The number of hydrogen-bond donors (Lipinski definition) is 2. The average molecular weight is 449 g/mol. The van der Waals surface area contributed by atoms with Gasteiger partial charge < -0.3 is 20.1 Å². The summed E-state index contributed by atoms with van der Waals surface area (Å²) in [4.78, 5) is 22.1. The highest BCUT2D eigenvalue weighted by Crippen LogP contribution is 2.32. The van der Waals surface area contributed by atoms with E-state index in [4.69, 9.17) is 9.47 Å². The van der Waals surface area contributed by atoms with Gasteiger partial charge in [-0.1, -0.05) is 12.1 Å². The zero-order chi connectivity index (χ0) is 21.8. The zero-order valence-electron chi connectivity index (χ0n) is 17.0. The number of amides is 1. The molecule has 3 aromatic heterocycles. The maximum atomic E-state index is 12.2. The fraction of sp³-hybridized carbons (Fsp3) is 0.182. The minimum absolute atomic E-state index is 0.188.